The molecule has 5 aromatic rings. The third-order valence-corrected chi connectivity index (χ3v) is 16.8. The van der Waals surface area contributed by atoms with Crippen molar-refractivity contribution in [3.05, 3.63) is 148 Å². The number of halogens is 5. The molecule has 5 N–H and O–H groups in total. The molecule has 4 fully saturated rings. The van der Waals surface area contributed by atoms with Gasteiger partial charge in [-0.15, -0.1) is 0 Å². The van der Waals surface area contributed by atoms with Crippen molar-refractivity contribution in [2.24, 2.45) is 0 Å². The fraction of sp³-hybridized carbons (Fsp3) is 0.469. The van der Waals surface area contributed by atoms with Gasteiger partial charge in [0.05, 0.1) is 28.4 Å². The second kappa shape index (κ2) is 27.2. The fourth-order valence-corrected chi connectivity index (χ4v) is 11.7. The molecule has 0 atom stereocenters. The smallest absolute Gasteiger partial charge is 0.414 e. The Hall–Kier alpha value is -7.57. The Kier molecular flexibility index (Phi) is 20.5. The highest BCUT2D eigenvalue weighted by molar-refractivity contribution is 5.92. The lowest BCUT2D eigenvalue weighted by molar-refractivity contribution is -0.0374. The van der Waals surface area contributed by atoms with Crippen LogP contribution in [0.3, 0.4) is 0 Å². The number of hydrogen-bond donors (Lipinski definition) is 5. The van der Waals surface area contributed by atoms with E-state index in [1.165, 1.54) is 76.5 Å². The van der Waals surface area contributed by atoms with E-state index >= 15 is 0 Å². The molecule has 3 spiro atoms. The van der Waals surface area contributed by atoms with Crippen LogP contribution in [0.4, 0.5) is 69.6 Å². The summed E-state index contributed by atoms with van der Waals surface area (Å²) in [6.45, 7) is 11.6. The van der Waals surface area contributed by atoms with Gasteiger partial charge in [-0.25, -0.2) is 41.1 Å². The number of nitrogens with one attached hydrogen (secondary N) is 4. The van der Waals surface area contributed by atoms with Crippen molar-refractivity contribution in [3.8, 4) is 0 Å². The molecule has 0 bridgehead atoms. The molecule has 7 aliphatic rings. The second-order valence-corrected chi connectivity index (χ2v) is 24.1. The maximum atomic E-state index is 13.7. The lowest BCUT2D eigenvalue weighted by Crippen LogP contribution is -2.50. The zero-order chi connectivity index (χ0) is 63.1. The second-order valence-electron chi connectivity index (χ2n) is 24.1. The molecule has 23 heteroatoms. The highest BCUT2D eigenvalue weighted by atomic mass is 19.1. The van der Waals surface area contributed by atoms with E-state index in [-0.39, 0.29) is 35.5 Å². The highest BCUT2D eigenvalue weighted by Gasteiger charge is 2.48. The minimum atomic E-state index is -1.15. The van der Waals surface area contributed by atoms with Crippen molar-refractivity contribution in [3.63, 3.8) is 0 Å². The number of fused-ring (bicyclic) bond motifs is 6. The molecule has 470 valence electrons. The molecule has 87 heavy (non-hydrogen) atoms. The molecule has 0 unspecified atom stereocenters. The summed E-state index contributed by atoms with van der Waals surface area (Å²) < 4.78 is 88.3. The molecule has 12 rings (SSSR count). The molecular formula is C64H80F5N9O9. The predicted octanol–water partition coefficient (Wildman–Crippen LogP) is 11.6. The minimum Gasteiger partial charge on any atom is -0.444 e. The summed E-state index contributed by atoms with van der Waals surface area (Å²) in [5, 5.41) is 22.3. The van der Waals surface area contributed by atoms with Crippen LogP contribution < -0.4 is 31.1 Å². The average Bonchev–Trinajstić information content (AvgIpc) is 1.20. The van der Waals surface area contributed by atoms with Crippen molar-refractivity contribution < 1.29 is 65.2 Å². The van der Waals surface area contributed by atoms with E-state index in [1.807, 2.05) is 21.1 Å². The van der Waals surface area contributed by atoms with Crippen LogP contribution in [0.25, 0.3) is 0 Å². The summed E-state index contributed by atoms with van der Waals surface area (Å²) in [4.78, 5) is 56.9. The zero-order valence-electron chi connectivity index (χ0n) is 50.9. The molecule has 18 nitrogen and oxygen atoms in total. The number of carbonyl (C=O) groups excluding carboxylic acids is 4. The number of nitrogens with zero attached hydrogens (tertiary/aromatic N) is 5. The number of ether oxygens (including phenoxy) is 4. The first kappa shape index (κ1) is 65.4. The third-order valence-electron chi connectivity index (χ3n) is 16.8. The molecule has 0 aromatic heterocycles. The topological polar surface area (TPSA) is 190 Å². The first-order valence-corrected chi connectivity index (χ1v) is 29.2. The van der Waals surface area contributed by atoms with Gasteiger partial charge in [-0.2, -0.15) is 0 Å². The molecule has 0 radical (unpaired) electrons. The van der Waals surface area contributed by atoms with Crippen LogP contribution in [0.1, 0.15) is 94.4 Å². The number of hydrogen-bond acceptors (Lipinski definition) is 14. The summed E-state index contributed by atoms with van der Waals surface area (Å²) in [5.74, 6) is -1.52. The molecule has 7 heterocycles. The van der Waals surface area contributed by atoms with Crippen LogP contribution in [-0.2, 0) is 41.4 Å². The zero-order valence-corrected chi connectivity index (χ0v) is 50.9. The average molecular weight is 1210 g/mol. The van der Waals surface area contributed by atoms with E-state index in [0.29, 0.717) is 81.4 Å². The quantitative estimate of drug-likeness (QED) is 0.0847. The van der Waals surface area contributed by atoms with Gasteiger partial charge in [0, 0.05) is 127 Å². The molecule has 4 amide bonds. The van der Waals surface area contributed by atoms with E-state index in [2.05, 4.69) is 36.0 Å². The van der Waals surface area contributed by atoms with Gasteiger partial charge >= 0.3 is 24.4 Å². The van der Waals surface area contributed by atoms with Gasteiger partial charge in [0.15, 0.2) is 0 Å². The highest BCUT2D eigenvalue weighted by Crippen LogP contribution is 2.47. The minimum absolute atomic E-state index is 0.200. The summed E-state index contributed by atoms with van der Waals surface area (Å²) in [6.07, 6.45) is 3.36. The van der Waals surface area contributed by atoms with E-state index in [4.69, 9.17) is 18.9 Å². The number of aliphatic hydroxyl groups is 1. The number of benzene rings is 5. The fourth-order valence-electron chi connectivity index (χ4n) is 11.7. The number of likely N-dealkylation sites (tertiary alicyclic amines) is 3. The van der Waals surface area contributed by atoms with Crippen molar-refractivity contribution in [1.82, 2.24) is 20.0 Å². The monoisotopic (exact) mass is 1210 g/mol. The Morgan fingerprint density at radius 2 is 0.943 bits per heavy atom. The summed E-state index contributed by atoms with van der Waals surface area (Å²) in [7, 11) is 11.1. The van der Waals surface area contributed by atoms with Crippen molar-refractivity contribution in [2.75, 3.05) is 120 Å². The largest absolute Gasteiger partial charge is 0.444 e. The van der Waals surface area contributed by atoms with Crippen molar-refractivity contribution >= 4 is 52.8 Å². The van der Waals surface area contributed by atoms with E-state index in [9.17, 15) is 46.2 Å². The SMILES string of the molecule is CN1C(=O)OC2(CCNCC2)c2cc(F)ccc21.CN1CCC(O)(c2cc(F)ccc2NC(=O)OC(C)(C)C)CC1.CN1CCC2(CC1)OC(=O)N(C)c1ccc(F)cc12.CN1CCC2(CC1)OC(=O)Nc1ccc(F)cc12.CNc1ccc(F)cc1. The van der Waals surface area contributed by atoms with Crippen molar-refractivity contribution in [2.45, 2.75) is 100 Å². The molecule has 7 aliphatic heterocycles. The molecule has 5 aromatic carbocycles. The molecule has 0 aliphatic carbocycles. The van der Waals surface area contributed by atoms with Gasteiger partial charge in [0.25, 0.3) is 0 Å². The summed E-state index contributed by atoms with van der Waals surface area (Å²) >= 11 is 0. The van der Waals surface area contributed by atoms with Crippen molar-refractivity contribution in [1.29, 1.82) is 0 Å². The number of carbonyl (C=O) groups is 4. The number of amides is 4. The maximum absolute atomic E-state index is 13.7. The summed E-state index contributed by atoms with van der Waals surface area (Å²) in [5.41, 5.74) is 2.44. The van der Waals surface area contributed by atoms with Gasteiger partial charge in [-0.05, 0) is 165 Å². The Morgan fingerprint density at radius 1 is 0.540 bits per heavy atom. The van der Waals surface area contributed by atoms with Gasteiger partial charge in [-0.3, -0.25) is 20.4 Å². The van der Waals surface area contributed by atoms with Gasteiger partial charge < -0.3 is 49.4 Å². The van der Waals surface area contributed by atoms with Crippen LogP contribution >= 0.6 is 0 Å². The van der Waals surface area contributed by atoms with Gasteiger partial charge in [0.1, 0.15) is 51.5 Å². The Morgan fingerprint density at radius 3 is 1.41 bits per heavy atom. The molecular weight excluding hydrogens is 1130 g/mol. The van der Waals surface area contributed by atoms with E-state index in [1.54, 1.807) is 72.2 Å². The van der Waals surface area contributed by atoms with Gasteiger partial charge in [-0.1, -0.05) is 0 Å². The van der Waals surface area contributed by atoms with E-state index in [0.717, 1.165) is 73.0 Å². The lowest BCUT2D eigenvalue weighted by Gasteiger charge is -2.45. The standard InChI is InChI=1S/C17H25FN2O3.C14H17FN2O2.2C13H15FN2O2.C7H8FN/c1-16(2,3)23-15(21)19-14-6-5-12(18)11-13(14)17(22)7-9-20(4)10-8-17;1-16-7-5-14(6-8-16)11-9-10(15)3-4-12(11)17(2)13(18)19-14;1-16-6-4-13(5-7-16)10-8-9(14)2-3-11(10)15-12(17)18-13;1-16-11-3-2-9(14)8-10(11)13(18-12(16)17)4-6-15-7-5-13;1-9-7-4-2-6(8)3-5-7/h5-6,11,22H,7-10H2,1-4H3,(H,19,21);3-4,9H,5-8H2,1-2H3;2-3,8H,4-7H2,1H3,(H,15,17);2-3,8,15H,4-7H2,1H3;2-5,9H,1H3. The van der Waals surface area contributed by atoms with E-state index < -0.39 is 46.0 Å². The third kappa shape index (κ3) is 15.8. The van der Waals surface area contributed by atoms with Crippen LogP contribution in [0, 0.1) is 29.1 Å². The number of anilines is 5. The molecule has 0 saturated carbocycles. The number of rotatable bonds is 3. The van der Waals surface area contributed by atoms with Crippen LogP contribution in [0.5, 0.6) is 0 Å². The number of piperidine rings is 4. The molecule has 4 saturated heterocycles. The Balaban J connectivity index is 0.000000144. The summed E-state index contributed by atoms with van der Waals surface area (Å²) in [6, 6.07) is 23.7. The maximum Gasteiger partial charge on any atom is 0.414 e. The lowest BCUT2D eigenvalue weighted by atomic mass is 9.82. The Bertz CT molecular complexity index is 3250. The van der Waals surface area contributed by atoms with Crippen LogP contribution in [-0.4, -0.2) is 144 Å². The first-order valence-electron chi connectivity index (χ1n) is 29.2. The normalized spacial score (nSPS) is 19.8. The van der Waals surface area contributed by atoms with Crippen LogP contribution in [0.15, 0.2) is 97.1 Å². The van der Waals surface area contributed by atoms with Crippen LogP contribution in [0.2, 0.25) is 0 Å². The Labute approximate surface area is 505 Å². The first-order chi connectivity index (χ1) is 41.1. The van der Waals surface area contributed by atoms with Gasteiger partial charge in [0.2, 0.25) is 0 Å². The predicted molar refractivity (Wildman–Crippen MR) is 323 cm³/mol.